The van der Waals surface area contributed by atoms with Gasteiger partial charge in [-0.05, 0) is 31.5 Å². The normalized spacial score (nSPS) is 11.1. The molecule has 0 aromatic heterocycles. The summed E-state index contributed by atoms with van der Waals surface area (Å²) in [5.41, 5.74) is -0.178. The molecule has 1 aromatic rings. The van der Waals surface area contributed by atoms with Gasteiger partial charge in [-0.2, -0.15) is 0 Å². The van der Waals surface area contributed by atoms with Crippen molar-refractivity contribution in [1.82, 2.24) is 4.90 Å². The van der Waals surface area contributed by atoms with E-state index in [1.165, 1.54) is 25.8 Å². The number of carbonyl (C=O) groups is 2. The molecule has 0 fully saturated rings. The van der Waals surface area contributed by atoms with Gasteiger partial charge < -0.3 is 15.1 Å². The zero-order valence-electron chi connectivity index (χ0n) is 10.7. The van der Waals surface area contributed by atoms with Gasteiger partial charge in [0.1, 0.15) is 5.54 Å². The Hall–Kier alpha value is -1.88. The van der Waals surface area contributed by atoms with E-state index >= 15 is 0 Å². The first-order valence-electron chi connectivity index (χ1n) is 5.52. The monoisotopic (exact) mass is 251 g/mol. The number of carboxylic acids is 1. The number of aliphatic hydroxyl groups is 1. The van der Waals surface area contributed by atoms with Crippen LogP contribution in [-0.2, 0) is 11.4 Å². The van der Waals surface area contributed by atoms with Crippen molar-refractivity contribution in [2.45, 2.75) is 26.0 Å². The molecule has 0 radical (unpaired) electrons. The molecule has 1 aromatic carbocycles. The van der Waals surface area contributed by atoms with Crippen molar-refractivity contribution in [3.8, 4) is 0 Å². The molecule has 0 bridgehead atoms. The first-order valence-corrected chi connectivity index (χ1v) is 5.52. The van der Waals surface area contributed by atoms with Gasteiger partial charge in [0.25, 0.3) is 5.91 Å². The lowest BCUT2D eigenvalue weighted by molar-refractivity contribution is -0.147. The molecule has 0 heterocycles. The van der Waals surface area contributed by atoms with Gasteiger partial charge in [0, 0.05) is 12.6 Å². The third-order valence-corrected chi connectivity index (χ3v) is 3.05. The van der Waals surface area contributed by atoms with Crippen LogP contribution >= 0.6 is 0 Å². The third kappa shape index (κ3) is 2.68. The van der Waals surface area contributed by atoms with Crippen LogP contribution in [0.1, 0.15) is 29.8 Å². The molecule has 5 heteroatoms. The molecule has 0 saturated heterocycles. The molecule has 2 N–H and O–H groups in total. The number of amides is 1. The summed E-state index contributed by atoms with van der Waals surface area (Å²) in [5.74, 6) is -1.43. The Morgan fingerprint density at radius 3 is 2.11 bits per heavy atom. The van der Waals surface area contributed by atoms with Gasteiger partial charge in [0.15, 0.2) is 0 Å². The van der Waals surface area contributed by atoms with E-state index in [1.54, 1.807) is 24.3 Å². The topological polar surface area (TPSA) is 77.8 Å². The van der Waals surface area contributed by atoms with Crippen molar-refractivity contribution in [3.05, 3.63) is 35.4 Å². The van der Waals surface area contributed by atoms with Crippen molar-refractivity contribution in [3.63, 3.8) is 0 Å². The maximum absolute atomic E-state index is 12.1. The summed E-state index contributed by atoms with van der Waals surface area (Å²) in [4.78, 5) is 24.4. The standard InChI is InChI=1S/C13H17NO4/c1-13(2,12(17)18)14(3)11(16)10-6-4-9(8-15)5-7-10/h4-7,15H,8H2,1-3H3,(H,17,18). The Bertz CT molecular complexity index is 451. The average molecular weight is 251 g/mol. The number of carbonyl (C=O) groups excluding carboxylic acids is 1. The van der Waals surface area contributed by atoms with Crippen LogP contribution in [0, 0.1) is 0 Å². The quantitative estimate of drug-likeness (QED) is 0.840. The third-order valence-electron chi connectivity index (χ3n) is 3.05. The maximum atomic E-state index is 12.1. The zero-order valence-corrected chi connectivity index (χ0v) is 10.7. The Kier molecular flexibility index (Phi) is 4.08. The number of hydrogen-bond donors (Lipinski definition) is 2. The van der Waals surface area contributed by atoms with E-state index in [0.717, 1.165) is 0 Å². The lowest BCUT2D eigenvalue weighted by Crippen LogP contribution is -2.50. The molecule has 5 nitrogen and oxygen atoms in total. The summed E-state index contributed by atoms with van der Waals surface area (Å²) in [6.45, 7) is 2.84. The molecule has 0 aliphatic heterocycles. The number of aliphatic carboxylic acids is 1. The van der Waals surface area contributed by atoms with E-state index in [-0.39, 0.29) is 12.5 Å². The molecule has 18 heavy (non-hydrogen) atoms. The van der Waals surface area contributed by atoms with Crippen LogP contribution in [-0.4, -0.2) is 39.6 Å². The van der Waals surface area contributed by atoms with E-state index in [9.17, 15) is 9.59 Å². The van der Waals surface area contributed by atoms with Crippen molar-refractivity contribution in [1.29, 1.82) is 0 Å². The highest BCUT2D eigenvalue weighted by molar-refractivity contribution is 5.97. The number of likely N-dealkylation sites (N-methyl/N-ethyl adjacent to an activating group) is 1. The van der Waals surface area contributed by atoms with Crippen LogP contribution in [0.2, 0.25) is 0 Å². The second-order valence-corrected chi connectivity index (χ2v) is 4.58. The highest BCUT2D eigenvalue weighted by atomic mass is 16.4. The molecule has 1 amide bonds. The Morgan fingerprint density at radius 2 is 1.72 bits per heavy atom. The van der Waals surface area contributed by atoms with Crippen LogP contribution in [0.15, 0.2) is 24.3 Å². The fourth-order valence-corrected chi connectivity index (χ4v) is 1.34. The molecule has 98 valence electrons. The molecule has 0 aliphatic rings. The van der Waals surface area contributed by atoms with Crippen LogP contribution in [0.3, 0.4) is 0 Å². The molecule has 0 aliphatic carbocycles. The van der Waals surface area contributed by atoms with E-state index in [2.05, 4.69) is 0 Å². The van der Waals surface area contributed by atoms with Gasteiger partial charge >= 0.3 is 5.97 Å². The highest BCUT2D eigenvalue weighted by Gasteiger charge is 2.35. The highest BCUT2D eigenvalue weighted by Crippen LogP contribution is 2.16. The first kappa shape index (κ1) is 14.2. The molecular weight excluding hydrogens is 234 g/mol. The second kappa shape index (κ2) is 5.18. The minimum atomic E-state index is -1.27. The SMILES string of the molecule is CN(C(=O)c1ccc(CO)cc1)C(C)(C)C(=O)O. The molecule has 1 rings (SSSR count). The second-order valence-electron chi connectivity index (χ2n) is 4.58. The lowest BCUT2D eigenvalue weighted by atomic mass is 10.0. The van der Waals surface area contributed by atoms with Gasteiger partial charge in [-0.15, -0.1) is 0 Å². The Labute approximate surface area is 106 Å². The maximum Gasteiger partial charge on any atom is 0.329 e. The lowest BCUT2D eigenvalue weighted by Gasteiger charge is -2.31. The first-order chi connectivity index (χ1) is 8.30. The van der Waals surface area contributed by atoms with Gasteiger partial charge in [-0.1, -0.05) is 12.1 Å². The van der Waals surface area contributed by atoms with Crippen LogP contribution in [0.5, 0.6) is 0 Å². The van der Waals surface area contributed by atoms with Crippen molar-refractivity contribution in [2.75, 3.05) is 7.05 Å². The number of hydrogen-bond acceptors (Lipinski definition) is 3. The zero-order chi connectivity index (χ0) is 13.9. The largest absolute Gasteiger partial charge is 0.480 e. The molecule has 0 atom stereocenters. The van der Waals surface area contributed by atoms with E-state index < -0.39 is 11.5 Å². The average Bonchev–Trinajstić information content (AvgIpc) is 2.36. The van der Waals surface area contributed by atoms with Crippen LogP contribution < -0.4 is 0 Å². The van der Waals surface area contributed by atoms with Crippen molar-refractivity contribution < 1.29 is 19.8 Å². The fraction of sp³-hybridized carbons (Fsp3) is 0.385. The summed E-state index contributed by atoms with van der Waals surface area (Å²) in [6.07, 6.45) is 0. The van der Waals surface area contributed by atoms with Gasteiger partial charge in [-0.25, -0.2) is 4.79 Å². The Balaban J connectivity index is 2.96. The van der Waals surface area contributed by atoms with Crippen molar-refractivity contribution in [2.24, 2.45) is 0 Å². The number of rotatable bonds is 4. The number of carboxylic acid groups (broad SMARTS) is 1. The van der Waals surface area contributed by atoms with E-state index in [4.69, 9.17) is 10.2 Å². The smallest absolute Gasteiger partial charge is 0.329 e. The number of nitrogens with zero attached hydrogens (tertiary/aromatic N) is 1. The fourth-order valence-electron chi connectivity index (χ4n) is 1.34. The summed E-state index contributed by atoms with van der Waals surface area (Å²) in [5, 5.41) is 18.0. The van der Waals surface area contributed by atoms with Gasteiger partial charge in [0.05, 0.1) is 6.61 Å². The summed E-state index contributed by atoms with van der Waals surface area (Å²) >= 11 is 0. The number of aliphatic hydroxyl groups excluding tert-OH is 1. The summed E-state index contributed by atoms with van der Waals surface area (Å²) < 4.78 is 0. The molecule has 0 spiro atoms. The minimum absolute atomic E-state index is 0.0923. The van der Waals surface area contributed by atoms with E-state index in [1.807, 2.05) is 0 Å². The summed E-state index contributed by atoms with van der Waals surface area (Å²) in [7, 11) is 1.45. The van der Waals surface area contributed by atoms with Crippen LogP contribution in [0.25, 0.3) is 0 Å². The van der Waals surface area contributed by atoms with Gasteiger partial charge in [0.2, 0.25) is 0 Å². The van der Waals surface area contributed by atoms with Crippen molar-refractivity contribution >= 4 is 11.9 Å². The summed E-state index contributed by atoms with van der Waals surface area (Å²) in [6, 6.07) is 6.41. The molecule has 0 unspecified atom stereocenters. The molecular formula is C13H17NO4. The predicted octanol–water partition coefficient (Wildman–Crippen LogP) is 1.11. The predicted molar refractivity (Wildman–Crippen MR) is 66.2 cm³/mol. The Morgan fingerprint density at radius 1 is 1.22 bits per heavy atom. The van der Waals surface area contributed by atoms with Crippen LogP contribution in [0.4, 0.5) is 0 Å². The van der Waals surface area contributed by atoms with E-state index in [0.29, 0.717) is 11.1 Å². The minimum Gasteiger partial charge on any atom is -0.480 e. The number of benzene rings is 1. The van der Waals surface area contributed by atoms with Gasteiger partial charge in [-0.3, -0.25) is 4.79 Å². The molecule has 0 saturated carbocycles.